The van der Waals surface area contributed by atoms with E-state index in [1.807, 2.05) is 0 Å². The van der Waals surface area contributed by atoms with Crippen LogP contribution < -0.4 is 5.32 Å². The summed E-state index contributed by atoms with van der Waals surface area (Å²) in [4.78, 5) is 0. The minimum Gasteiger partial charge on any atom is -0.378 e. The van der Waals surface area contributed by atoms with E-state index < -0.39 is 6.17 Å². The lowest BCUT2D eigenvalue weighted by atomic mass is 9.96. The van der Waals surface area contributed by atoms with E-state index in [0.29, 0.717) is 26.1 Å². The van der Waals surface area contributed by atoms with Gasteiger partial charge >= 0.3 is 0 Å². The van der Waals surface area contributed by atoms with Gasteiger partial charge in [0.2, 0.25) is 0 Å². The topological polar surface area (TPSA) is 21.3 Å². The van der Waals surface area contributed by atoms with Crippen molar-refractivity contribution in [3.63, 3.8) is 0 Å². The molecule has 2 nitrogen and oxygen atoms in total. The predicted molar refractivity (Wildman–Crippen MR) is 42.9 cm³/mol. The zero-order valence-electron chi connectivity index (χ0n) is 6.25. The van der Waals surface area contributed by atoms with Crippen molar-refractivity contribution in [1.29, 1.82) is 0 Å². The van der Waals surface area contributed by atoms with Gasteiger partial charge in [-0.2, -0.15) is 0 Å². The molecule has 0 amide bonds. The lowest BCUT2D eigenvalue weighted by molar-refractivity contribution is 0.00133. The van der Waals surface area contributed by atoms with E-state index in [4.69, 9.17) is 4.74 Å². The molecule has 2 fully saturated rings. The highest BCUT2D eigenvalue weighted by Gasteiger charge is 2.31. The number of halogens is 2. The van der Waals surface area contributed by atoms with E-state index >= 15 is 0 Å². The van der Waals surface area contributed by atoms with Crippen LogP contribution >= 0.6 is 12.4 Å². The molecule has 2 aliphatic rings. The molecule has 2 bridgehead atoms. The van der Waals surface area contributed by atoms with E-state index in [2.05, 4.69) is 5.32 Å². The molecule has 11 heavy (non-hydrogen) atoms. The fourth-order valence-corrected chi connectivity index (χ4v) is 1.77. The highest BCUT2D eigenvalue weighted by atomic mass is 35.5. The Hall–Kier alpha value is 0.140. The van der Waals surface area contributed by atoms with Crippen LogP contribution in [0.2, 0.25) is 0 Å². The largest absolute Gasteiger partial charge is 0.378 e. The van der Waals surface area contributed by atoms with Crippen molar-refractivity contribution in [2.45, 2.75) is 31.1 Å². The van der Waals surface area contributed by atoms with Gasteiger partial charge in [0.05, 0.1) is 13.2 Å². The standard InChI is InChI=1S/C7H12FNO.ClH/c8-5-1-6-3-10-4-7(2-5)9-6;/h5-7,9H,1-4H2;1H. The summed E-state index contributed by atoms with van der Waals surface area (Å²) in [5.41, 5.74) is 0. The molecule has 0 radical (unpaired) electrons. The van der Waals surface area contributed by atoms with Gasteiger partial charge in [0, 0.05) is 12.1 Å². The third-order valence-corrected chi connectivity index (χ3v) is 2.19. The number of rotatable bonds is 0. The predicted octanol–water partition coefficient (Wildman–Crippen LogP) is 0.897. The zero-order chi connectivity index (χ0) is 6.97. The Morgan fingerprint density at radius 2 is 1.73 bits per heavy atom. The molecule has 0 aliphatic carbocycles. The quantitative estimate of drug-likeness (QED) is 0.600. The maximum Gasteiger partial charge on any atom is 0.103 e. The number of nitrogens with one attached hydrogen (secondary N) is 1. The van der Waals surface area contributed by atoms with Crippen molar-refractivity contribution in [1.82, 2.24) is 5.32 Å². The Kier molecular flexibility index (Phi) is 3.10. The van der Waals surface area contributed by atoms with Crippen molar-refractivity contribution in [2.24, 2.45) is 0 Å². The molecule has 1 N–H and O–H groups in total. The number of fused-ring (bicyclic) bond motifs is 2. The minimum absolute atomic E-state index is 0. The Balaban J connectivity index is 0.000000605. The van der Waals surface area contributed by atoms with Gasteiger partial charge in [0.25, 0.3) is 0 Å². The maximum atomic E-state index is 12.8. The first-order chi connectivity index (χ1) is 4.84. The second-order valence-corrected chi connectivity index (χ2v) is 3.17. The van der Waals surface area contributed by atoms with Crippen molar-refractivity contribution in [3.8, 4) is 0 Å². The number of piperidine rings is 1. The summed E-state index contributed by atoms with van der Waals surface area (Å²) in [6, 6.07) is 0.560. The first-order valence-electron chi connectivity index (χ1n) is 3.82. The molecule has 66 valence electrons. The Bertz CT molecular complexity index is 120. The summed E-state index contributed by atoms with van der Waals surface area (Å²) in [6.45, 7) is 1.38. The fraction of sp³-hybridized carbons (Fsp3) is 1.00. The molecule has 2 saturated heterocycles. The second-order valence-electron chi connectivity index (χ2n) is 3.17. The molecule has 2 aliphatic heterocycles. The molecule has 0 aromatic heterocycles. The molecule has 2 heterocycles. The second kappa shape index (κ2) is 3.70. The number of hydrogen-bond acceptors (Lipinski definition) is 2. The van der Waals surface area contributed by atoms with E-state index in [9.17, 15) is 4.39 Å². The highest BCUT2D eigenvalue weighted by molar-refractivity contribution is 5.85. The number of hydrogen-bond donors (Lipinski definition) is 1. The molecule has 0 aromatic rings. The van der Waals surface area contributed by atoms with E-state index in [1.54, 1.807) is 0 Å². The smallest absolute Gasteiger partial charge is 0.103 e. The molecule has 4 heteroatoms. The lowest BCUT2D eigenvalue weighted by Crippen LogP contribution is -2.54. The van der Waals surface area contributed by atoms with Crippen LogP contribution in [0.1, 0.15) is 12.8 Å². The van der Waals surface area contributed by atoms with E-state index in [1.165, 1.54) is 0 Å². The number of alkyl halides is 1. The van der Waals surface area contributed by atoms with Gasteiger partial charge in [-0.05, 0) is 12.8 Å². The fourth-order valence-electron chi connectivity index (χ4n) is 1.77. The highest BCUT2D eigenvalue weighted by Crippen LogP contribution is 2.20. The van der Waals surface area contributed by atoms with Gasteiger partial charge in [-0.15, -0.1) is 12.4 Å². The van der Waals surface area contributed by atoms with Crippen molar-refractivity contribution in [2.75, 3.05) is 13.2 Å². The Morgan fingerprint density at radius 3 is 2.27 bits per heavy atom. The molecule has 2 rings (SSSR count). The third-order valence-electron chi connectivity index (χ3n) is 2.19. The summed E-state index contributed by atoms with van der Waals surface area (Å²) >= 11 is 0. The first kappa shape index (κ1) is 9.23. The zero-order valence-corrected chi connectivity index (χ0v) is 7.07. The van der Waals surface area contributed by atoms with Crippen LogP contribution in [-0.2, 0) is 4.74 Å². The molecule has 2 unspecified atom stereocenters. The van der Waals surface area contributed by atoms with Crippen LogP contribution in [0.5, 0.6) is 0 Å². The van der Waals surface area contributed by atoms with Crippen LogP contribution in [0.4, 0.5) is 4.39 Å². The van der Waals surface area contributed by atoms with Gasteiger partial charge < -0.3 is 10.1 Å². The Labute approximate surface area is 71.9 Å². The van der Waals surface area contributed by atoms with Gasteiger partial charge in [-0.3, -0.25) is 0 Å². The van der Waals surface area contributed by atoms with Gasteiger partial charge in [-0.25, -0.2) is 4.39 Å². The average Bonchev–Trinajstić information content (AvgIpc) is 1.85. The normalized spacial score (nSPS) is 42.8. The molecule has 0 saturated carbocycles. The summed E-state index contributed by atoms with van der Waals surface area (Å²) in [5.74, 6) is 0. The van der Waals surface area contributed by atoms with Gasteiger partial charge in [0.1, 0.15) is 6.17 Å². The molecular formula is C7H13ClFNO. The monoisotopic (exact) mass is 181 g/mol. The van der Waals surface area contributed by atoms with Crippen molar-refractivity contribution < 1.29 is 9.13 Å². The molecule has 0 spiro atoms. The van der Waals surface area contributed by atoms with Crippen LogP contribution in [0.3, 0.4) is 0 Å². The summed E-state index contributed by atoms with van der Waals surface area (Å²) in [5, 5.41) is 3.32. The average molecular weight is 182 g/mol. The molecule has 2 atom stereocenters. The first-order valence-corrected chi connectivity index (χ1v) is 3.82. The lowest BCUT2D eigenvalue weighted by Gasteiger charge is -2.37. The molecule has 0 aromatic carbocycles. The van der Waals surface area contributed by atoms with Crippen LogP contribution in [-0.4, -0.2) is 31.5 Å². The minimum atomic E-state index is -0.597. The third kappa shape index (κ3) is 2.04. The van der Waals surface area contributed by atoms with E-state index in [-0.39, 0.29) is 24.5 Å². The van der Waals surface area contributed by atoms with Crippen molar-refractivity contribution in [3.05, 3.63) is 0 Å². The summed E-state index contributed by atoms with van der Waals surface area (Å²) < 4.78 is 18.1. The summed E-state index contributed by atoms with van der Waals surface area (Å²) in [7, 11) is 0. The number of ether oxygens (including phenoxy) is 1. The summed E-state index contributed by atoms with van der Waals surface area (Å²) in [6.07, 6.45) is 0.674. The molecular weight excluding hydrogens is 169 g/mol. The van der Waals surface area contributed by atoms with Gasteiger partial charge in [0.15, 0.2) is 0 Å². The number of morpholine rings is 1. The van der Waals surface area contributed by atoms with Crippen molar-refractivity contribution >= 4 is 12.4 Å². The maximum absolute atomic E-state index is 12.8. The van der Waals surface area contributed by atoms with Gasteiger partial charge in [-0.1, -0.05) is 0 Å². The Morgan fingerprint density at radius 1 is 1.18 bits per heavy atom. The van der Waals surface area contributed by atoms with Crippen LogP contribution in [0.15, 0.2) is 0 Å². The van der Waals surface area contributed by atoms with Crippen LogP contribution in [0, 0.1) is 0 Å². The van der Waals surface area contributed by atoms with E-state index in [0.717, 1.165) is 0 Å². The SMILES string of the molecule is Cl.FC1CC2COCC(C1)N2. The van der Waals surface area contributed by atoms with Crippen LogP contribution in [0.25, 0.3) is 0 Å².